The first-order chi connectivity index (χ1) is 14.0. The molecule has 3 amide bonds. The van der Waals surface area contributed by atoms with E-state index in [4.69, 9.17) is 16.3 Å². The number of carbonyl (C=O) groups is 3. The van der Waals surface area contributed by atoms with E-state index < -0.39 is 0 Å². The van der Waals surface area contributed by atoms with Crippen molar-refractivity contribution in [1.82, 2.24) is 0 Å². The van der Waals surface area contributed by atoms with Gasteiger partial charge in [0.25, 0.3) is 5.91 Å². The van der Waals surface area contributed by atoms with Crippen LogP contribution in [0.15, 0.2) is 42.5 Å². The van der Waals surface area contributed by atoms with Crippen LogP contribution in [0.4, 0.5) is 11.4 Å². The van der Waals surface area contributed by atoms with E-state index in [2.05, 4.69) is 5.32 Å². The number of imide groups is 1. The van der Waals surface area contributed by atoms with Gasteiger partial charge >= 0.3 is 0 Å². The van der Waals surface area contributed by atoms with E-state index >= 15 is 0 Å². The molecule has 1 N–H and O–H groups in total. The van der Waals surface area contributed by atoms with Gasteiger partial charge in [-0.05, 0) is 49.2 Å². The van der Waals surface area contributed by atoms with E-state index in [9.17, 15) is 14.4 Å². The molecule has 1 heterocycles. The SMILES string of the molecule is COc1ccc(Cl)cc1NC(=O)c1cccc(N2C(=O)[C@H]3CCCC[C@H]3C2=O)c1. The van der Waals surface area contributed by atoms with Crippen LogP contribution in [-0.2, 0) is 9.59 Å². The second kappa shape index (κ2) is 7.87. The minimum absolute atomic E-state index is 0.159. The summed E-state index contributed by atoms with van der Waals surface area (Å²) in [4.78, 5) is 39.7. The average Bonchev–Trinajstić information content (AvgIpc) is 2.99. The van der Waals surface area contributed by atoms with Crippen molar-refractivity contribution in [3.63, 3.8) is 0 Å². The van der Waals surface area contributed by atoms with Crippen molar-refractivity contribution >= 4 is 40.7 Å². The molecule has 0 unspecified atom stereocenters. The fraction of sp³-hybridized carbons (Fsp3) is 0.318. The molecule has 0 bridgehead atoms. The van der Waals surface area contributed by atoms with E-state index in [1.165, 1.54) is 12.0 Å². The molecule has 0 spiro atoms. The predicted molar refractivity (Wildman–Crippen MR) is 110 cm³/mol. The molecule has 0 aromatic heterocycles. The highest BCUT2D eigenvalue weighted by Crippen LogP contribution is 2.40. The first kappa shape index (κ1) is 19.5. The second-order valence-electron chi connectivity index (χ2n) is 7.36. The average molecular weight is 413 g/mol. The van der Waals surface area contributed by atoms with Crippen molar-refractivity contribution < 1.29 is 19.1 Å². The number of halogens is 1. The number of amides is 3. The smallest absolute Gasteiger partial charge is 0.255 e. The lowest BCUT2D eigenvalue weighted by Crippen LogP contribution is -2.31. The van der Waals surface area contributed by atoms with Gasteiger partial charge in [0.05, 0.1) is 30.3 Å². The largest absolute Gasteiger partial charge is 0.495 e. The summed E-state index contributed by atoms with van der Waals surface area (Å²) >= 11 is 6.02. The molecular weight excluding hydrogens is 392 g/mol. The van der Waals surface area contributed by atoms with Gasteiger partial charge in [-0.1, -0.05) is 30.5 Å². The van der Waals surface area contributed by atoms with Crippen LogP contribution in [0.25, 0.3) is 0 Å². The molecular formula is C22H21ClN2O4. The molecule has 2 atom stereocenters. The molecule has 29 heavy (non-hydrogen) atoms. The maximum Gasteiger partial charge on any atom is 0.255 e. The predicted octanol–water partition coefficient (Wildman–Crippen LogP) is 4.28. The molecule has 150 valence electrons. The summed E-state index contributed by atoms with van der Waals surface area (Å²) in [6.45, 7) is 0. The summed E-state index contributed by atoms with van der Waals surface area (Å²) in [7, 11) is 1.50. The van der Waals surface area contributed by atoms with Gasteiger partial charge in [-0.3, -0.25) is 19.3 Å². The zero-order valence-corrected chi connectivity index (χ0v) is 16.7. The fourth-order valence-corrected chi connectivity index (χ4v) is 4.35. The van der Waals surface area contributed by atoms with Crippen LogP contribution < -0.4 is 15.0 Å². The molecule has 1 aliphatic carbocycles. The van der Waals surface area contributed by atoms with Crippen molar-refractivity contribution in [2.75, 3.05) is 17.3 Å². The van der Waals surface area contributed by atoms with E-state index in [1.54, 1.807) is 42.5 Å². The Morgan fingerprint density at radius 2 is 1.76 bits per heavy atom. The normalized spacial score (nSPS) is 21.1. The summed E-state index contributed by atoms with van der Waals surface area (Å²) in [5.74, 6) is -0.687. The molecule has 2 aliphatic rings. The van der Waals surface area contributed by atoms with Gasteiger partial charge in [-0.2, -0.15) is 0 Å². The molecule has 7 heteroatoms. The molecule has 0 radical (unpaired) electrons. The Kier molecular flexibility index (Phi) is 5.28. The quantitative estimate of drug-likeness (QED) is 0.760. The Bertz CT molecular complexity index is 967. The molecule has 1 aliphatic heterocycles. The number of methoxy groups -OCH3 is 1. The van der Waals surface area contributed by atoms with E-state index in [0.717, 1.165) is 25.7 Å². The lowest BCUT2D eigenvalue weighted by molar-refractivity contribution is -0.122. The number of carbonyl (C=O) groups excluding carboxylic acids is 3. The summed E-state index contributed by atoms with van der Waals surface area (Å²) in [6, 6.07) is 11.5. The Morgan fingerprint density at radius 3 is 2.41 bits per heavy atom. The zero-order chi connectivity index (χ0) is 20.5. The summed E-state index contributed by atoms with van der Waals surface area (Å²) < 4.78 is 5.25. The molecule has 2 aromatic rings. The zero-order valence-electron chi connectivity index (χ0n) is 16.0. The number of anilines is 2. The van der Waals surface area contributed by atoms with Crippen LogP contribution in [0.2, 0.25) is 5.02 Å². The number of nitrogens with one attached hydrogen (secondary N) is 1. The number of fused-ring (bicyclic) bond motifs is 1. The Hall–Kier alpha value is -2.86. The molecule has 4 rings (SSSR count). The van der Waals surface area contributed by atoms with E-state index in [0.29, 0.717) is 27.7 Å². The first-order valence-electron chi connectivity index (χ1n) is 9.62. The van der Waals surface area contributed by atoms with Crippen LogP contribution >= 0.6 is 11.6 Å². The van der Waals surface area contributed by atoms with Crippen molar-refractivity contribution in [2.24, 2.45) is 11.8 Å². The monoisotopic (exact) mass is 412 g/mol. The number of rotatable bonds is 4. The van der Waals surface area contributed by atoms with Gasteiger partial charge in [0, 0.05) is 10.6 Å². The number of ether oxygens (including phenoxy) is 1. The number of hydrogen-bond acceptors (Lipinski definition) is 4. The third-order valence-corrected chi connectivity index (χ3v) is 5.85. The Morgan fingerprint density at radius 1 is 1.07 bits per heavy atom. The van der Waals surface area contributed by atoms with Gasteiger partial charge in [0.1, 0.15) is 5.75 Å². The van der Waals surface area contributed by atoms with Crippen LogP contribution in [0.1, 0.15) is 36.0 Å². The summed E-state index contributed by atoms with van der Waals surface area (Å²) in [5.41, 5.74) is 1.20. The van der Waals surface area contributed by atoms with Crippen LogP contribution in [0.3, 0.4) is 0 Å². The minimum atomic E-state index is -0.385. The second-order valence-corrected chi connectivity index (χ2v) is 7.79. The van der Waals surface area contributed by atoms with Gasteiger partial charge in [-0.15, -0.1) is 0 Å². The molecule has 1 saturated heterocycles. The summed E-state index contributed by atoms with van der Waals surface area (Å²) in [6.07, 6.45) is 3.44. The third-order valence-electron chi connectivity index (χ3n) is 5.62. The fourth-order valence-electron chi connectivity index (χ4n) is 4.18. The van der Waals surface area contributed by atoms with E-state index in [-0.39, 0.29) is 29.6 Å². The highest BCUT2D eigenvalue weighted by atomic mass is 35.5. The lowest BCUT2D eigenvalue weighted by atomic mass is 9.81. The maximum absolute atomic E-state index is 12.8. The molecule has 2 fully saturated rings. The summed E-state index contributed by atoms with van der Waals surface area (Å²) in [5, 5.41) is 3.24. The molecule has 6 nitrogen and oxygen atoms in total. The minimum Gasteiger partial charge on any atom is -0.495 e. The molecule has 2 aromatic carbocycles. The maximum atomic E-state index is 12.8. The van der Waals surface area contributed by atoms with Crippen molar-refractivity contribution in [3.8, 4) is 5.75 Å². The Labute approximate surface area is 173 Å². The van der Waals surface area contributed by atoms with E-state index in [1.807, 2.05) is 0 Å². The topological polar surface area (TPSA) is 75.7 Å². The van der Waals surface area contributed by atoms with Crippen molar-refractivity contribution in [3.05, 3.63) is 53.1 Å². The highest BCUT2D eigenvalue weighted by Gasteiger charge is 2.48. The van der Waals surface area contributed by atoms with Crippen LogP contribution in [-0.4, -0.2) is 24.8 Å². The van der Waals surface area contributed by atoms with Crippen molar-refractivity contribution in [2.45, 2.75) is 25.7 Å². The van der Waals surface area contributed by atoms with Gasteiger partial charge in [-0.25, -0.2) is 0 Å². The number of nitrogens with zero attached hydrogens (tertiary/aromatic N) is 1. The van der Waals surface area contributed by atoms with Crippen LogP contribution in [0.5, 0.6) is 5.75 Å². The van der Waals surface area contributed by atoms with Crippen molar-refractivity contribution in [1.29, 1.82) is 0 Å². The van der Waals surface area contributed by atoms with Gasteiger partial charge in [0.15, 0.2) is 0 Å². The third kappa shape index (κ3) is 3.60. The van der Waals surface area contributed by atoms with Gasteiger partial charge in [0.2, 0.25) is 11.8 Å². The lowest BCUT2D eigenvalue weighted by Gasteiger charge is -2.19. The standard InChI is InChI=1S/C22H21ClN2O4/c1-29-19-10-9-14(23)12-18(19)24-20(26)13-5-4-6-15(11-13)25-21(27)16-7-2-3-8-17(16)22(25)28/h4-6,9-12,16-17H,2-3,7-8H2,1H3,(H,24,26)/t16-,17+. The highest BCUT2D eigenvalue weighted by molar-refractivity contribution is 6.31. The van der Waals surface area contributed by atoms with Gasteiger partial charge < -0.3 is 10.1 Å². The Balaban J connectivity index is 1.59. The molecule has 1 saturated carbocycles. The number of hydrogen-bond donors (Lipinski definition) is 1. The first-order valence-corrected chi connectivity index (χ1v) is 10.00. The van der Waals surface area contributed by atoms with Crippen LogP contribution in [0, 0.1) is 11.8 Å². The number of benzene rings is 2.